The Hall–Kier alpha value is -2.21. The predicted octanol–water partition coefficient (Wildman–Crippen LogP) is 2.93. The summed E-state index contributed by atoms with van der Waals surface area (Å²) in [5.74, 6) is 0. The van der Waals surface area contributed by atoms with Crippen molar-refractivity contribution in [2.75, 3.05) is 24.1 Å². The summed E-state index contributed by atoms with van der Waals surface area (Å²) in [5, 5.41) is 15.3. The van der Waals surface area contributed by atoms with Crippen molar-refractivity contribution in [1.29, 1.82) is 0 Å². The molecule has 2 aromatic rings. The Morgan fingerprint density at radius 3 is 2.76 bits per heavy atom. The smallest absolute Gasteiger partial charge is 0.404 e. The lowest BCUT2D eigenvalue weighted by Crippen LogP contribution is -2.22. The fourth-order valence-electron chi connectivity index (χ4n) is 2.05. The second-order valence-corrected chi connectivity index (χ2v) is 4.93. The Kier molecular flexibility index (Phi) is 5.05. The van der Waals surface area contributed by atoms with Gasteiger partial charge in [0, 0.05) is 18.5 Å². The number of hydrogen-bond donors (Lipinski definition) is 4. The average Bonchev–Trinajstić information content (AvgIpc) is 2.46. The van der Waals surface area contributed by atoms with Crippen molar-refractivity contribution in [1.82, 2.24) is 10.3 Å². The molecule has 0 radical (unpaired) electrons. The number of fused-ring (bicyclic) bond motifs is 1. The van der Waals surface area contributed by atoms with Crippen molar-refractivity contribution >= 4 is 40.0 Å². The van der Waals surface area contributed by atoms with Crippen LogP contribution in [0.5, 0.6) is 0 Å². The van der Waals surface area contributed by atoms with Crippen LogP contribution in [0.15, 0.2) is 24.3 Å². The van der Waals surface area contributed by atoms with Crippen LogP contribution in [0, 0.1) is 0 Å². The van der Waals surface area contributed by atoms with Crippen LogP contribution < -0.4 is 16.4 Å². The number of benzene rings is 1. The number of nitrogens with one attached hydrogen (secondary N) is 2. The van der Waals surface area contributed by atoms with E-state index in [1.165, 1.54) is 0 Å². The fourth-order valence-corrected chi connectivity index (χ4v) is 2.23. The van der Waals surface area contributed by atoms with Gasteiger partial charge in [-0.3, -0.25) is 0 Å². The monoisotopic (exact) mass is 308 g/mol. The van der Waals surface area contributed by atoms with Crippen LogP contribution in [0.25, 0.3) is 10.9 Å². The number of para-hydroxylation sites is 1. The first-order valence-corrected chi connectivity index (χ1v) is 7.02. The summed E-state index contributed by atoms with van der Waals surface area (Å²) in [6, 6.07) is 7.62. The van der Waals surface area contributed by atoms with Crippen molar-refractivity contribution < 1.29 is 9.90 Å². The lowest BCUT2D eigenvalue weighted by Gasteiger charge is -2.13. The van der Waals surface area contributed by atoms with Gasteiger partial charge < -0.3 is 21.5 Å². The molecule has 7 heteroatoms. The van der Waals surface area contributed by atoms with Gasteiger partial charge in [-0.15, -0.1) is 0 Å². The number of rotatable bonds is 6. The summed E-state index contributed by atoms with van der Waals surface area (Å²) in [6.45, 7) is 1.11. The van der Waals surface area contributed by atoms with Gasteiger partial charge in [-0.2, -0.15) is 0 Å². The third-order valence-electron chi connectivity index (χ3n) is 3.07. The third-order valence-corrected chi connectivity index (χ3v) is 3.35. The maximum atomic E-state index is 10.3. The van der Waals surface area contributed by atoms with Crippen LogP contribution in [0.4, 0.5) is 16.2 Å². The number of unbranched alkanes of at least 4 members (excludes halogenated alkanes) is 1. The van der Waals surface area contributed by atoms with Gasteiger partial charge in [0.15, 0.2) is 5.15 Å². The second-order valence-electron chi connectivity index (χ2n) is 4.57. The number of carbonyl (C=O) groups is 1. The molecule has 112 valence electrons. The van der Waals surface area contributed by atoms with E-state index < -0.39 is 6.09 Å². The molecule has 21 heavy (non-hydrogen) atoms. The molecule has 0 fully saturated rings. The van der Waals surface area contributed by atoms with Crippen LogP contribution >= 0.6 is 11.6 Å². The highest BCUT2D eigenvalue weighted by Gasteiger charge is 2.10. The molecule has 0 aliphatic rings. The van der Waals surface area contributed by atoms with Crippen LogP contribution in [0.3, 0.4) is 0 Å². The molecule has 6 nitrogen and oxygen atoms in total. The number of aromatic nitrogens is 1. The van der Waals surface area contributed by atoms with Gasteiger partial charge >= 0.3 is 6.09 Å². The molecule has 1 amide bonds. The maximum Gasteiger partial charge on any atom is 0.404 e. The molecule has 0 atom stereocenters. The summed E-state index contributed by atoms with van der Waals surface area (Å²) >= 11 is 6.04. The van der Waals surface area contributed by atoms with Crippen LogP contribution in [0.1, 0.15) is 12.8 Å². The second kappa shape index (κ2) is 6.99. The summed E-state index contributed by atoms with van der Waals surface area (Å²) in [7, 11) is 0. The molecule has 1 aromatic carbocycles. The van der Waals surface area contributed by atoms with Crippen LogP contribution in [-0.2, 0) is 0 Å². The van der Waals surface area contributed by atoms with Gasteiger partial charge in [-0.1, -0.05) is 29.8 Å². The normalized spacial score (nSPS) is 10.5. The van der Waals surface area contributed by atoms with Crippen molar-refractivity contribution in [3.8, 4) is 0 Å². The van der Waals surface area contributed by atoms with E-state index in [9.17, 15) is 4.79 Å². The Bertz CT molecular complexity index is 648. The topological polar surface area (TPSA) is 100 Å². The van der Waals surface area contributed by atoms with E-state index in [0.717, 1.165) is 29.4 Å². The molecule has 0 bridgehead atoms. The number of nitrogens with zero attached hydrogens (tertiary/aromatic N) is 1. The Morgan fingerprint density at radius 2 is 2.00 bits per heavy atom. The van der Waals surface area contributed by atoms with Gasteiger partial charge in [-0.25, -0.2) is 9.78 Å². The molecule has 0 spiro atoms. The molecule has 0 aliphatic carbocycles. The minimum atomic E-state index is -1.00. The zero-order chi connectivity index (χ0) is 15.2. The Labute approximate surface area is 127 Å². The zero-order valence-electron chi connectivity index (χ0n) is 11.4. The number of nitrogens with two attached hydrogens (primary N) is 1. The maximum absolute atomic E-state index is 10.3. The van der Waals surface area contributed by atoms with Gasteiger partial charge in [0.1, 0.15) is 0 Å². The fraction of sp³-hybridized carbons (Fsp3) is 0.286. The average molecular weight is 309 g/mol. The molecule has 1 heterocycles. The van der Waals surface area contributed by atoms with Crippen LogP contribution in [0.2, 0.25) is 5.15 Å². The van der Waals surface area contributed by atoms with Crippen molar-refractivity contribution in [2.24, 2.45) is 0 Å². The van der Waals surface area contributed by atoms with E-state index in [1.54, 1.807) is 0 Å². The molecule has 2 rings (SSSR count). The molecule has 5 N–H and O–H groups in total. The number of carboxylic acid groups (broad SMARTS) is 1. The van der Waals surface area contributed by atoms with E-state index in [2.05, 4.69) is 15.6 Å². The van der Waals surface area contributed by atoms with E-state index in [4.69, 9.17) is 22.4 Å². The number of halogens is 1. The van der Waals surface area contributed by atoms with Gasteiger partial charge in [-0.05, 0) is 18.9 Å². The van der Waals surface area contributed by atoms with Crippen molar-refractivity contribution in [2.45, 2.75) is 12.8 Å². The van der Waals surface area contributed by atoms with Gasteiger partial charge in [0.05, 0.1) is 16.9 Å². The van der Waals surface area contributed by atoms with E-state index in [-0.39, 0.29) is 5.15 Å². The molecule has 0 saturated heterocycles. The Morgan fingerprint density at radius 1 is 1.29 bits per heavy atom. The van der Waals surface area contributed by atoms with E-state index >= 15 is 0 Å². The number of hydrogen-bond acceptors (Lipinski definition) is 4. The van der Waals surface area contributed by atoms with Gasteiger partial charge in [0.2, 0.25) is 0 Å². The first-order valence-electron chi connectivity index (χ1n) is 6.64. The number of nitrogen functional groups attached to an aromatic ring is 1. The van der Waals surface area contributed by atoms with Crippen molar-refractivity contribution in [3.63, 3.8) is 0 Å². The standard InChI is InChI=1S/C14H17ClN4O2/c15-13-11(16)12(9-5-1-2-6-10(9)19-13)17-7-3-4-8-18-14(20)21/h1-2,5-6,18H,3-4,7-8,16H2,(H,17,19)(H,20,21). The van der Waals surface area contributed by atoms with E-state index in [1.807, 2.05) is 24.3 Å². The molecular weight excluding hydrogens is 292 g/mol. The molecule has 1 aromatic heterocycles. The van der Waals surface area contributed by atoms with Crippen LogP contribution in [-0.4, -0.2) is 29.3 Å². The highest BCUT2D eigenvalue weighted by atomic mass is 35.5. The molecule has 0 unspecified atom stereocenters. The minimum Gasteiger partial charge on any atom is -0.465 e. The van der Waals surface area contributed by atoms with E-state index in [0.29, 0.717) is 18.8 Å². The Balaban J connectivity index is 2.01. The summed E-state index contributed by atoms with van der Waals surface area (Å²) in [5.41, 5.74) is 7.97. The molecule has 0 aliphatic heterocycles. The SMILES string of the molecule is Nc1c(Cl)nc2ccccc2c1NCCCCNC(=O)O. The number of pyridine rings is 1. The summed E-state index contributed by atoms with van der Waals surface area (Å²) < 4.78 is 0. The third kappa shape index (κ3) is 3.88. The largest absolute Gasteiger partial charge is 0.465 e. The number of anilines is 2. The quantitative estimate of drug-likeness (QED) is 0.485. The molecular formula is C14H17ClN4O2. The lowest BCUT2D eigenvalue weighted by molar-refractivity contribution is 0.194. The first kappa shape index (κ1) is 15.2. The predicted molar refractivity (Wildman–Crippen MR) is 84.9 cm³/mol. The number of amides is 1. The lowest BCUT2D eigenvalue weighted by atomic mass is 10.1. The highest BCUT2D eigenvalue weighted by molar-refractivity contribution is 6.33. The summed E-state index contributed by atoms with van der Waals surface area (Å²) in [4.78, 5) is 14.6. The minimum absolute atomic E-state index is 0.281. The van der Waals surface area contributed by atoms with Crippen molar-refractivity contribution in [3.05, 3.63) is 29.4 Å². The highest BCUT2D eigenvalue weighted by Crippen LogP contribution is 2.33. The molecule has 0 saturated carbocycles. The zero-order valence-corrected chi connectivity index (χ0v) is 12.2. The first-order chi connectivity index (χ1) is 10.1. The summed E-state index contributed by atoms with van der Waals surface area (Å²) in [6.07, 6.45) is 0.559. The van der Waals surface area contributed by atoms with Gasteiger partial charge in [0.25, 0.3) is 0 Å².